The van der Waals surface area contributed by atoms with Crippen molar-refractivity contribution in [2.24, 2.45) is 0 Å². The molecule has 13 heteroatoms. The molecule has 0 bridgehead atoms. The van der Waals surface area contributed by atoms with Crippen LogP contribution in [0, 0.1) is 5.82 Å². The van der Waals surface area contributed by atoms with E-state index in [4.69, 9.17) is 13.7 Å². The van der Waals surface area contributed by atoms with Gasteiger partial charge in [-0.3, -0.25) is 13.7 Å². The van der Waals surface area contributed by atoms with Gasteiger partial charge in [-0.1, -0.05) is 0 Å². The third-order valence-electron chi connectivity index (χ3n) is 1.82. The second-order valence-electron chi connectivity index (χ2n) is 3.13. The molecular formula is C6H5FO9S3. The third-order valence-corrected chi connectivity index (χ3v) is 4.83. The molecule has 0 aliphatic heterocycles. The molecule has 0 atom stereocenters. The molecule has 108 valence electrons. The number of hydrogen-bond acceptors (Lipinski definition) is 6. The van der Waals surface area contributed by atoms with E-state index >= 15 is 0 Å². The Morgan fingerprint density at radius 1 is 0.737 bits per heavy atom. The van der Waals surface area contributed by atoms with Crippen molar-refractivity contribution < 1.29 is 43.3 Å². The summed E-state index contributed by atoms with van der Waals surface area (Å²) in [6.45, 7) is 0. The van der Waals surface area contributed by atoms with Crippen LogP contribution in [0.1, 0.15) is 0 Å². The maximum Gasteiger partial charge on any atom is 0.298 e. The largest absolute Gasteiger partial charge is 0.298 e. The fourth-order valence-electron chi connectivity index (χ4n) is 1.21. The first-order valence-corrected chi connectivity index (χ1v) is 8.33. The van der Waals surface area contributed by atoms with E-state index in [1.54, 1.807) is 0 Å². The zero-order valence-corrected chi connectivity index (χ0v) is 11.0. The highest BCUT2D eigenvalue weighted by molar-refractivity contribution is 7.90. The lowest BCUT2D eigenvalue weighted by Crippen LogP contribution is -2.16. The summed E-state index contributed by atoms with van der Waals surface area (Å²) in [4.78, 5) is -5.55. The lowest BCUT2D eigenvalue weighted by atomic mass is 10.3. The molecule has 1 aromatic rings. The first kappa shape index (κ1) is 15.9. The van der Waals surface area contributed by atoms with Crippen molar-refractivity contribution in [2.45, 2.75) is 14.7 Å². The second kappa shape index (κ2) is 4.46. The van der Waals surface area contributed by atoms with Crippen LogP contribution in [0.25, 0.3) is 0 Å². The van der Waals surface area contributed by atoms with Gasteiger partial charge >= 0.3 is 0 Å². The van der Waals surface area contributed by atoms with Crippen LogP contribution in [-0.2, 0) is 30.4 Å². The lowest BCUT2D eigenvalue weighted by Gasteiger charge is -2.09. The van der Waals surface area contributed by atoms with Crippen LogP contribution in [0.2, 0.25) is 0 Å². The van der Waals surface area contributed by atoms with Gasteiger partial charge in [0.25, 0.3) is 30.4 Å². The molecule has 19 heavy (non-hydrogen) atoms. The topological polar surface area (TPSA) is 163 Å². The maximum absolute atomic E-state index is 13.3. The quantitative estimate of drug-likeness (QED) is 0.621. The van der Waals surface area contributed by atoms with Crippen LogP contribution >= 0.6 is 0 Å². The maximum atomic E-state index is 13.3. The summed E-state index contributed by atoms with van der Waals surface area (Å²) in [6, 6.07) is 0.392. The van der Waals surface area contributed by atoms with Gasteiger partial charge in [0.2, 0.25) is 0 Å². The van der Waals surface area contributed by atoms with E-state index in [1.165, 1.54) is 0 Å². The van der Waals surface area contributed by atoms with E-state index in [0.29, 0.717) is 0 Å². The van der Waals surface area contributed by atoms with Gasteiger partial charge in [-0.05, 0) is 12.1 Å². The summed E-state index contributed by atoms with van der Waals surface area (Å²) >= 11 is 0. The zero-order chi connectivity index (χ0) is 15.2. The molecule has 1 aromatic carbocycles. The molecular weight excluding hydrogens is 331 g/mol. The Kier molecular flexibility index (Phi) is 3.74. The average molecular weight is 336 g/mol. The molecule has 0 aliphatic rings. The van der Waals surface area contributed by atoms with Crippen LogP contribution in [-0.4, -0.2) is 38.9 Å². The minimum atomic E-state index is -5.57. The average Bonchev–Trinajstić information content (AvgIpc) is 2.11. The molecule has 9 nitrogen and oxygen atoms in total. The van der Waals surface area contributed by atoms with Crippen molar-refractivity contribution in [3.63, 3.8) is 0 Å². The van der Waals surface area contributed by atoms with Gasteiger partial charge in [0.05, 0.1) is 0 Å². The van der Waals surface area contributed by atoms with Crippen molar-refractivity contribution in [1.82, 2.24) is 0 Å². The van der Waals surface area contributed by atoms with E-state index in [2.05, 4.69) is 0 Å². The first-order valence-electron chi connectivity index (χ1n) is 4.01. The molecule has 3 N–H and O–H groups in total. The summed E-state index contributed by atoms with van der Waals surface area (Å²) in [5.74, 6) is -1.83. The fourth-order valence-corrected chi connectivity index (χ4v) is 4.43. The Hall–Kier alpha value is -1.12. The molecule has 0 fully saturated rings. The van der Waals surface area contributed by atoms with Gasteiger partial charge in [0.1, 0.15) is 15.6 Å². The molecule has 0 amide bonds. The van der Waals surface area contributed by atoms with Crippen LogP contribution in [0.3, 0.4) is 0 Å². The number of halogens is 1. The minimum absolute atomic E-state index is 0.181. The second-order valence-corrected chi connectivity index (χ2v) is 7.24. The summed E-state index contributed by atoms with van der Waals surface area (Å²) in [6.07, 6.45) is 0. The standard InChI is InChI=1S/C6H5FO9S3/c7-3-1-2-4(17(8,9)10)6(19(14,15)16)5(3)18(11,12)13/h1-2H,(H,8,9,10)(H,11,12,13)(H,14,15,16). The van der Waals surface area contributed by atoms with Gasteiger partial charge in [-0.15, -0.1) is 0 Å². The Balaban J connectivity index is 4.18. The SMILES string of the molecule is O=S(=O)(O)c1ccc(F)c(S(=O)(=O)O)c1S(=O)(=O)O. The van der Waals surface area contributed by atoms with Gasteiger partial charge in [0, 0.05) is 0 Å². The summed E-state index contributed by atoms with van der Waals surface area (Å²) < 4.78 is 105. The molecule has 0 radical (unpaired) electrons. The van der Waals surface area contributed by atoms with Crippen LogP contribution in [0.5, 0.6) is 0 Å². The van der Waals surface area contributed by atoms with E-state index in [9.17, 15) is 29.6 Å². The summed E-state index contributed by atoms with van der Waals surface area (Å²) in [7, 11) is -16.4. The molecule has 0 heterocycles. The molecule has 0 unspecified atom stereocenters. The number of benzene rings is 1. The van der Waals surface area contributed by atoms with Crippen molar-refractivity contribution >= 4 is 30.4 Å². The van der Waals surface area contributed by atoms with Crippen LogP contribution in [0.15, 0.2) is 26.8 Å². The predicted octanol–water partition coefficient (Wildman–Crippen LogP) is -0.434. The molecule has 0 saturated carbocycles. The molecule has 0 saturated heterocycles. The van der Waals surface area contributed by atoms with E-state index in [1.807, 2.05) is 0 Å². The number of rotatable bonds is 3. The minimum Gasteiger partial charge on any atom is -0.282 e. The molecule has 0 aliphatic carbocycles. The van der Waals surface area contributed by atoms with E-state index < -0.39 is 50.9 Å². The summed E-state index contributed by atoms with van der Waals surface area (Å²) in [5.41, 5.74) is 0. The normalized spacial score (nSPS) is 13.5. The Bertz CT molecular complexity index is 834. The summed E-state index contributed by atoms with van der Waals surface area (Å²) in [5, 5.41) is 0. The van der Waals surface area contributed by atoms with E-state index in [-0.39, 0.29) is 12.1 Å². The smallest absolute Gasteiger partial charge is 0.282 e. The molecule has 0 aromatic heterocycles. The fraction of sp³-hybridized carbons (Fsp3) is 0. The lowest BCUT2D eigenvalue weighted by molar-refractivity contribution is 0.445. The predicted molar refractivity (Wildman–Crippen MR) is 55.8 cm³/mol. The monoisotopic (exact) mass is 336 g/mol. The van der Waals surface area contributed by atoms with Crippen LogP contribution in [0.4, 0.5) is 4.39 Å². The van der Waals surface area contributed by atoms with Gasteiger partial charge in [0.15, 0.2) is 4.90 Å². The van der Waals surface area contributed by atoms with Gasteiger partial charge < -0.3 is 0 Å². The Labute approximate surface area is 106 Å². The van der Waals surface area contributed by atoms with Gasteiger partial charge in [-0.25, -0.2) is 4.39 Å². The van der Waals surface area contributed by atoms with Crippen molar-refractivity contribution in [3.05, 3.63) is 17.9 Å². The first-order chi connectivity index (χ1) is 8.26. The highest BCUT2D eigenvalue weighted by Crippen LogP contribution is 2.30. The van der Waals surface area contributed by atoms with Gasteiger partial charge in [-0.2, -0.15) is 25.3 Å². The van der Waals surface area contributed by atoms with Crippen molar-refractivity contribution in [1.29, 1.82) is 0 Å². The van der Waals surface area contributed by atoms with E-state index in [0.717, 1.165) is 0 Å². The van der Waals surface area contributed by atoms with Crippen molar-refractivity contribution in [3.8, 4) is 0 Å². The highest BCUT2D eigenvalue weighted by atomic mass is 32.2. The third kappa shape index (κ3) is 3.26. The highest BCUT2D eigenvalue weighted by Gasteiger charge is 2.35. The Morgan fingerprint density at radius 2 is 1.16 bits per heavy atom. The number of hydrogen-bond donors (Lipinski definition) is 3. The van der Waals surface area contributed by atoms with Crippen molar-refractivity contribution in [2.75, 3.05) is 0 Å². The molecule has 1 rings (SSSR count). The molecule has 0 spiro atoms. The van der Waals surface area contributed by atoms with Crippen LogP contribution < -0.4 is 0 Å². The zero-order valence-electron chi connectivity index (χ0n) is 8.55. The Morgan fingerprint density at radius 3 is 1.47 bits per heavy atom.